The highest BCUT2D eigenvalue weighted by Gasteiger charge is 2.41. The van der Waals surface area contributed by atoms with Crippen LogP contribution in [0.4, 0.5) is 8.78 Å². The van der Waals surface area contributed by atoms with Gasteiger partial charge in [-0.05, 0) is 25.5 Å². The molecule has 0 bridgehead atoms. The maximum atomic E-state index is 14.5. The van der Waals surface area contributed by atoms with Crippen LogP contribution in [0.2, 0.25) is 0 Å². The summed E-state index contributed by atoms with van der Waals surface area (Å²) in [5, 5.41) is 18.3. The van der Waals surface area contributed by atoms with Crippen molar-refractivity contribution in [3.63, 3.8) is 0 Å². The Bertz CT molecular complexity index is 1230. The normalized spacial score (nSPS) is 14.8. The lowest BCUT2D eigenvalue weighted by atomic mass is 9.87. The van der Waals surface area contributed by atoms with Gasteiger partial charge >= 0.3 is 0 Å². The number of hydrogen-bond donors (Lipinski definition) is 2. The molecule has 0 saturated heterocycles. The topological polar surface area (TPSA) is 96.7 Å². The number of nitrogens with one attached hydrogen (secondary N) is 1. The van der Waals surface area contributed by atoms with E-state index in [0.29, 0.717) is 16.3 Å². The predicted molar refractivity (Wildman–Crippen MR) is 104 cm³/mol. The Morgan fingerprint density at radius 2 is 2.10 bits per heavy atom. The molecule has 3 aromatic heterocycles. The molecule has 4 rings (SSSR count). The first kappa shape index (κ1) is 19.3. The smallest absolute Gasteiger partial charge is 0.262 e. The zero-order chi connectivity index (χ0) is 20.8. The number of halogens is 2. The van der Waals surface area contributed by atoms with Crippen molar-refractivity contribution in [3.05, 3.63) is 75.2 Å². The van der Waals surface area contributed by atoms with Crippen molar-refractivity contribution in [1.29, 1.82) is 0 Å². The Balaban J connectivity index is 1.95. The van der Waals surface area contributed by atoms with Crippen LogP contribution in [0.3, 0.4) is 0 Å². The molecule has 0 aliphatic rings. The monoisotopic (exact) mass is 417 g/mol. The summed E-state index contributed by atoms with van der Waals surface area (Å²) in [5.74, 6) is -1.66. The fourth-order valence-electron chi connectivity index (χ4n) is 3.39. The van der Waals surface area contributed by atoms with Gasteiger partial charge in [-0.2, -0.15) is 5.10 Å². The largest absolute Gasteiger partial charge is 0.383 e. The quantitative estimate of drug-likeness (QED) is 0.521. The summed E-state index contributed by atoms with van der Waals surface area (Å²) in [4.78, 5) is 23.2. The molecule has 0 aliphatic carbocycles. The Morgan fingerprint density at radius 1 is 1.31 bits per heavy atom. The second-order valence-electron chi connectivity index (χ2n) is 6.77. The first-order valence-corrected chi connectivity index (χ1v) is 9.67. The van der Waals surface area contributed by atoms with Gasteiger partial charge in [0.2, 0.25) is 0 Å². The molecule has 2 unspecified atom stereocenters. The van der Waals surface area contributed by atoms with E-state index in [1.807, 2.05) is 6.92 Å². The van der Waals surface area contributed by atoms with Gasteiger partial charge in [0, 0.05) is 16.5 Å². The van der Waals surface area contributed by atoms with Crippen molar-refractivity contribution >= 4 is 21.6 Å². The van der Waals surface area contributed by atoms with Crippen LogP contribution >= 0.6 is 11.3 Å². The van der Waals surface area contributed by atoms with E-state index in [9.17, 15) is 18.7 Å². The number of aliphatic hydroxyl groups is 1. The summed E-state index contributed by atoms with van der Waals surface area (Å²) >= 11 is 1.41. The summed E-state index contributed by atoms with van der Waals surface area (Å²) in [6, 6.07) is 3.41. The van der Waals surface area contributed by atoms with Crippen molar-refractivity contribution in [2.24, 2.45) is 0 Å². The predicted octanol–water partition coefficient (Wildman–Crippen LogP) is 2.91. The number of fused-ring (bicyclic) bond motifs is 1. The first-order chi connectivity index (χ1) is 13.8. The summed E-state index contributed by atoms with van der Waals surface area (Å²) in [5.41, 5.74) is -2.59. The van der Waals surface area contributed by atoms with Crippen LogP contribution in [-0.2, 0) is 12.0 Å². The van der Waals surface area contributed by atoms with Gasteiger partial charge in [0.05, 0.1) is 11.7 Å². The van der Waals surface area contributed by atoms with Crippen LogP contribution in [-0.4, -0.2) is 29.8 Å². The van der Waals surface area contributed by atoms with Gasteiger partial charge in [0.15, 0.2) is 5.82 Å². The van der Waals surface area contributed by atoms with E-state index in [0.717, 1.165) is 23.4 Å². The lowest BCUT2D eigenvalue weighted by Crippen LogP contribution is -2.41. The van der Waals surface area contributed by atoms with Crippen molar-refractivity contribution in [3.8, 4) is 0 Å². The van der Waals surface area contributed by atoms with Gasteiger partial charge in [0.1, 0.15) is 34.4 Å². The van der Waals surface area contributed by atoms with Crippen LogP contribution in [0.5, 0.6) is 0 Å². The molecule has 4 aromatic rings. The molecular weight excluding hydrogens is 400 g/mol. The molecule has 0 fully saturated rings. The molecule has 29 heavy (non-hydrogen) atoms. The number of nitrogens with zero attached hydrogens (tertiary/aromatic N) is 4. The molecule has 2 N–H and O–H groups in total. The lowest BCUT2D eigenvalue weighted by Gasteiger charge is -2.32. The number of hydrogen-bond acceptors (Lipinski definition) is 6. The minimum atomic E-state index is -1.98. The van der Waals surface area contributed by atoms with Crippen LogP contribution in [0.1, 0.15) is 36.2 Å². The lowest BCUT2D eigenvalue weighted by molar-refractivity contribution is 0.00818. The Morgan fingerprint density at radius 3 is 2.76 bits per heavy atom. The molecule has 1 aromatic carbocycles. The number of aromatic nitrogens is 5. The molecular formula is C19H17F2N5O2S. The zero-order valence-electron chi connectivity index (χ0n) is 15.6. The maximum absolute atomic E-state index is 14.5. The third-order valence-corrected chi connectivity index (χ3v) is 6.03. The molecule has 10 heteroatoms. The minimum Gasteiger partial charge on any atom is -0.383 e. The molecule has 3 heterocycles. The van der Waals surface area contributed by atoms with Gasteiger partial charge < -0.3 is 5.11 Å². The number of rotatable bonds is 5. The van der Waals surface area contributed by atoms with E-state index >= 15 is 0 Å². The molecule has 0 aliphatic heterocycles. The number of aryl methyl sites for hydroxylation is 1. The number of H-pyrrole nitrogens is 1. The fraction of sp³-hybridized carbons (Fsp3) is 0.263. The average molecular weight is 417 g/mol. The van der Waals surface area contributed by atoms with E-state index in [2.05, 4.69) is 20.2 Å². The molecule has 150 valence electrons. The van der Waals surface area contributed by atoms with Gasteiger partial charge in [-0.3, -0.25) is 14.5 Å². The van der Waals surface area contributed by atoms with Crippen molar-refractivity contribution < 1.29 is 13.9 Å². The SMILES string of the molecule is CCc1cc2c(=O)n(C(c3nc[nH]n3)C(C)(O)c3ccc(F)cc3F)cnc2s1. The zero-order valence-corrected chi connectivity index (χ0v) is 16.4. The Kier molecular flexibility index (Phi) is 4.75. The fourth-order valence-corrected chi connectivity index (χ4v) is 4.31. The van der Waals surface area contributed by atoms with Crippen LogP contribution in [0.15, 0.2) is 41.7 Å². The third-order valence-electron chi connectivity index (χ3n) is 4.84. The number of thiophene rings is 1. The van der Waals surface area contributed by atoms with Crippen LogP contribution < -0.4 is 5.56 Å². The first-order valence-electron chi connectivity index (χ1n) is 8.86. The summed E-state index contributed by atoms with van der Waals surface area (Å²) in [6.45, 7) is 3.30. The summed E-state index contributed by atoms with van der Waals surface area (Å²) in [7, 11) is 0. The number of aromatic amines is 1. The number of benzene rings is 1. The molecule has 0 spiro atoms. The molecule has 0 radical (unpaired) electrons. The third kappa shape index (κ3) is 3.23. The summed E-state index contributed by atoms with van der Waals surface area (Å²) in [6.07, 6.45) is 3.33. The Hall–Kier alpha value is -2.98. The van der Waals surface area contributed by atoms with Crippen molar-refractivity contribution in [2.75, 3.05) is 0 Å². The van der Waals surface area contributed by atoms with Gasteiger partial charge in [0.25, 0.3) is 5.56 Å². The van der Waals surface area contributed by atoms with E-state index in [1.165, 1.54) is 35.5 Å². The van der Waals surface area contributed by atoms with E-state index in [4.69, 9.17) is 0 Å². The van der Waals surface area contributed by atoms with Crippen LogP contribution in [0, 0.1) is 11.6 Å². The molecule has 0 saturated carbocycles. The van der Waals surface area contributed by atoms with E-state index in [1.54, 1.807) is 6.07 Å². The maximum Gasteiger partial charge on any atom is 0.262 e. The summed E-state index contributed by atoms with van der Waals surface area (Å²) < 4.78 is 29.1. The van der Waals surface area contributed by atoms with E-state index < -0.39 is 28.8 Å². The molecule has 2 atom stereocenters. The highest BCUT2D eigenvalue weighted by atomic mass is 32.1. The van der Waals surface area contributed by atoms with Crippen molar-refractivity contribution in [2.45, 2.75) is 31.9 Å². The Labute approximate surface area is 167 Å². The van der Waals surface area contributed by atoms with Gasteiger partial charge in [-0.15, -0.1) is 11.3 Å². The van der Waals surface area contributed by atoms with E-state index in [-0.39, 0.29) is 11.4 Å². The van der Waals surface area contributed by atoms with Crippen LogP contribution in [0.25, 0.3) is 10.2 Å². The second kappa shape index (κ2) is 7.12. The van der Waals surface area contributed by atoms with Gasteiger partial charge in [-0.1, -0.05) is 13.0 Å². The molecule has 0 amide bonds. The highest BCUT2D eigenvalue weighted by molar-refractivity contribution is 7.18. The van der Waals surface area contributed by atoms with Crippen molar-refractivity contribution in [1.82, 2.24) is 24.7 Å². The molecule has 7 nitrogen and oxygen atoms in total. The average Bonchev–Trinajstić information content (AvgIpc) is 3.33. The highest BCUT2D eigenvalue weighted by Crippen LogP contribution is 2.37. The standard InChI is InChI=1S/C19H17F2N5O2S/c1-3-11-7-12-17(29-11)23-9-26(18(12)27)15(16-22-8-24-25-16)19(2,28)13-5-4-10(20)6-14(13)21/h4-9,15,28H,3H2,1-2H3,(H,22,24,25). The minimum absolute atomic E-state index is 0.0629. The second-order valence-corrected chi connectivity index (χ2v) is 7.89. The van der Waals surface area contributed by atoms with Gasteiger partial charge in [-0.25, -0.2) is 18.7 Å².